The summed E-state index contributed by atoms with van der Waals surface area (Å²) < 4.78 is 0. The van der Waals surface area contributed by atoms with Gasteiger partial charge in [0.15, 0.2) is 6.07 Å². The maximum Gasteiger partial charge on any atom is 0.455 e. The number of carbonyl (C=O) groups is 1. The van der Waals surface area contributed by atoms with Crippen LogP contribution in [0.4, 0.5) is 0 Å². The Morgan fingerprint density at radius 2 is 1.89 bits per heavy atom. The summed E-state index contributed by atoms with van der Waals surface area (Å²) in [6.45, 7) is 0. The molecule has 19 heavy (non-hydrogen) atoms. The molecule has 0 spiro atoms. The first-order chi connectivity index (χ1) is 8.56. The lowest BCUT2D eigenvalue weighted by molar-refractivity contribution is -0.125. The SMILES string of the molecule is C.C#Cc1ccccc1.CN(C)C(=O)C(C#N)=[N+]=[N-]. The molecule has 1 aromatic carbocycles. The Morgan fingerprint density at radius 1 is 1.37 bits per heavy atom. The minimum Gasteiger partial charge on any atom is -0.360 e. The van der Waals surface area contributed by atoms with Crippen molar-refractivity contribution >= 4 is 11.6 Å². The maximum atomic E-state index is 10.7. The smallest absolute Gasteiger partial charge is 0.360 e. The van der Waals surface area contributed by atoms with E-state index in [2.05, 4.69) is 10.7 Å². The predicted octanol–water partition coefficient (Wildman–Crippen LogP) is 1.57. The largest absolute Gasteiger partial charge is 0.455 e. The van der Waals surface area contributed by atoms with E-state index in [1.165, 1.54) is 20.2 Å². The molecule has 0 saturated heterocycles. The summed E-state index contributed by atoms with van der Waals surface area (Å²) in [7, 11) is 2.93. The highest BCUT2D eigenvalue weighted by atomic mass is 16.2. The monoisotopic (exact) mass is 256 g/mol. The van der Waals surface area contributed by atoms with Crippen LogP contribution in [-0.2, 0) is 4.79 Å². The Balaban J connectivity index is 0. The number of amides is 1. The standard InChI is InChI=1S/C8H6.C5H6N4O.CH4/c1-2-8-6-4-3-5-7-8;1-9(2)5(10)4(3-6)8-7;/h1,3-7H;1-2H3;1H4. The Hall–Kier alpha value is -2.88. The zero-order valence-corrected chi connectivity index (χ0v) is 10.2. The van der Waals surface area contributed by atoms with Gasteiger partial charge < -0.3 is 10.4 Å². The van der Waals surface area contributed by atoms with E-state index in [9.17, 15) is 4.79 Å². The molecule has 0 radical (unpaired) electrons. The molecule has 0 heterocycles. The van der Waals surface area contributed by atoms with Gasteiger partial charge in [0.25, 0.3) is 0 Å². The Morgan fingerprint density at radius 3 is 2.11 bits per heavy atom. The summed E-state index contributed by atoms with van der Waals surface area (Å²) in [5.74, 6) is 1.92. The molecular weight excluding hydrogens is 240 g/mol. The van der Waals surface area contributed by atoms with Crippen molar-refractivity contribution in [3.63, 3.8) is 0 Å². The van der Waals surface area contributed by atoms with Crippen molar-refractivity contribution in [3.05, 3.63) is 41.4 Å². The molecule has 0 aliphatic heterocycles. The van der Waals surface area contributed by atoms with E-state index in [0.717, 1.165) is 10.5 Å². The molecule has 1 rings (SSSR count). The quantitative estimate of drug-likeness (QED) is 0.331. The van der Waals surface area contributed by atoms with Gasteiger partial charge in [-0.2, -0.15) is 5.26 Å². The Labute approximate surface area is 113 Å². The number of hydrogen-bond acceptors (Lipinski definition) is 2. The van der Waals surface area contributed by atoms with Gasteiger partial charge in [-0.1, -0.05) is 31.5 Å². The van der Waals surface area contributed by atoms with Gasteiger partial charge in [0.2, 0.25) is 0 Å². The fraction of sp³-hybridized carbons (Fsp3) is 0.214. The average molecular weight is 256 g/mol. The molecule has 1 aromatic rings. The van der Waals surface area contributed by atoms with E-state index in [1.54, 1.807) is 0 Å². The van der Waals surface area contributed by atoms with E-state index in [-0.39, 0.29) is 7.43 Å². The van der Waals surface area contributed by atoms with Crippen LogP contribution in [0.15, 0.2) is 30.3 Å². The van der Waals surface area contributed by atoms with Gasteiger partial charge in [-0.05, 0) is 12.1 Å². The molecule has 0 aliphatic carbocycles. The van der Waals surface area contributed by atoms with Crippen LogP contribution >= 0.6 is 0 Å². The van der Waals surface area contributed by atoms with Crippen molar-refractivity contribution in [2.75, 3.05) is 14.1 Å². The second-order valence-corrected chi connectivity index (χ2v) is 3.27. The molecule has 0 N–H and O–H groups in total. The third-order valence-electron chi connectivity index (χ3n) is 1.76. The third-order valence-corrected chi connectivity index (χ3v) is 1.76. The average Bonchev–Trinajstić information content (AvgIpc) is 2.41. The van der Waals surface area contributed by atoms with Crippen molar-refractivity contribution in [1.82, 2.24) is 4.90 Å². The number of nitriles is 1. The van der Waals surface area contributed by atoms with Crippen LogP contribution < -0.4 is 0 Å². The number of carbonyl (C=O) groups excluding carboxylic acids is 1. The summed E-state index contributed by atoms with van der Waals surface area (Å²) >= 11 is 0. The molecule has 0 unspecified atom stereocenters. The van der Waals surface area contributed by atoms with Crippen molar-refractivity contribution in [2.24, 2.45) is 0 Å². The number of hydrogen-bond donors (Lipinski definition) is 0. The van der Waals surface area contributed by atoms with Gasteiger partial charge in [0.1, 0.15) is 0 Å². The molecule has 5 heteroatoms. The normalized spacial score (nSPS) is 7.16. The first-order valence-electron chi connectivity index (χ1n) is 4.92. The van der Waals surface area contributed by atoms with Crippen LogP contribution in [-0.4, -0.2) is 35.4 Å². The number of rotatable bonds is 1. The van der Waals surface area contributed by atoms with Crippen LogP contribution in [0.2, 0.25) is 0 Å². The van der Waals surface area contributed by atoms with Gasteiger partial charge >= 0.3 is 11.6 Å². The fourth-order valence-electron chi connectivity index (χ4n) is 0.859. The third kappa shape index (κ3) is 7.12. The molecule has 0 atom stereocenters. The lowest BCUT2D eigenvalue weighted by Gasteiger charge is -2.01. The second kappa shape index (κ2) is 10.3. The van der Waals surface area contributed by atoms with Crippen molar-refractivity contribution in [2.45, 2.75) is 7.43 Å². The van der Waals surface area contributed by atoms with E-state index in [1.807, 2.05) is 30.3 Å². The van der Waals surface area contributed by atoms with Crippen LogP contribution in [0.5, 0.6) is 0 Å². The highest BCUT2D eigenvalue weighted by molar-refractivity contribution is 6.42. The highest BCUT2D eigenvalue weighted by Crippen LogP contribution is 1.93. The number of benzene rings is 1. The maximum absolute atomic E-state index is 10.7. The lowest BCUT2D eigenvalue weighted by atomic mass is 10.2. The second-order valence-electron chi connectivity index (χ2n) is 3.27. The minimum atomic E-state index is -0.606. The van der Waals surface area contributed by atoms with Crippen LogP contribution in [0.25, 0.3) is 5.53 Å². The molecule has 0 aliphatic rings. The Bertz CT molecular complexity index is 529. The summed E-state index contributed by atoms with van der Waals surface area (Å²) in [6, 6.07) is 11.0. The van der Waals surface area contributed by atoms with Gasteiger partial charge in [0, 0.05) is 19.7 Å². The molecule has 0 aromatic heterocycles. The highest BCUT2D eigenvalue weighted by Gasteiger charge is 2.20. The fourth-order valence-corrected chi connectivity index (χ4v) is 0.859. The zero-order valence-electron chi connectivity index (χ0n) is 10.2. The minimum absolute atomic E-state index is 0. The summed E-state index contributed by atoms with van der Waals surface area (Å²) in [5, 5.41) is 8.16. The van der Waals surface area contributed by atoms with E-state index >= 15 is 0 Å². The molecule has 5 nitrogen and oxygen atoms in total. The van der Waals surface area contributed by atoms with Gasteiger partial charge in [-0.3, -0.25) is 4.79 Å². The molecular formula is C14H16N4O. The zero-order chi connectivity index (χ0) is 14.0. The van der Waals surface area contributed by atoms with E-state index in [0.29, 0.717) is 0 Å². The molecule has 0 bridgehead atoms. The molecule has 0 fully saturated rings. The van der Waals surface area contributed by atoms with Crippen molar-refractivity contribution in [3.8, 4) is 18.4 Å². The van der Waals surface area contributed by atoms with Crippen molar-refractivity contribution < 1.29 is 9.58 Å². The first-order valence-corrected chi connectivity index (χ1v) is 4.92. The van der Waals surface area contributed by atoms with Crippen LogP contribution in [0.1, 0.15) is 13.0 Å². The first kappa shape index (κ1) is 18.5. The van der Waals surface area contributed by atoms with Crippen LogP contribution in [0, 0.1) is 23.7 Å². The summed E-state index contributed by atoms with van der Waals surface area (Å²) in [6.07, 6.45) is 5.10. The van der Waals surface area contributed by atoms with Crippen molar-refractivity contribution in [1.29, 1.82) is 5.26 Å². The summed E-state index contributed by atoms with van der Waals surface area (Å²) in [4.78, 5) is 14.4. The van der Waals surface area contributed by atoms with Crippen LogP contribution in [0.3, 0.4) is 0 Å². The number of terminal acetylenes is 1. The predicted molar refractivity (Wildman–Crippen MR) is 74.0 cm³/mol. The van der Waals surface area contributed by atoms with E-state index in [4.69, 9.17) is 17.2 Å². The van der Waals surface area contributed by atoms with E-state index < -0.39 is 11.6 Å². The lowest BCUT2D eigenvalue weighted by Crippen LogP contribution is -2.29. The number of nitrogens with zero attached hydrogens (tertiary/aromatic N) is 4. The molecule has 0 saturated carbocycles. The molecule has 1 amide bonds. The van der Waals surface area contributed by atoms with Gasteiger partial charge in [-0.15, -0.1) is 11.2 Å². The summed E-state index contributed by atoms with van der Waals surface area (Å²) in [5.41, 5.74) is 8.49. The topological polar surface area (TPSA) is 80.5 Å². The van der Waals surface area contributed by atoms with Gasteiger partial charge in [0.05, 0.1) is 0 Å². The molecule has 98 valence electrons. The van der Waals surface area contributed by atoms with Gasteiger partial charge in [-0.25, -0.2) is 0 Å². The Kier molecular flexibility index (Phi) is 10.0.